The number of carbonyl (C=O) groups is 1. The predicted octanol–water partition coefficient (Wildman–Crippen LogP) is 4.93. The maximum Gasteiger partial charge on any atom is 0.294 e. The van der Waals surface area contributed by atoms with Crippen LogP contribution in [0.25, 0.3) is 16.4 Å². The van der Waals surface area contributed by atoms with Crippen molar-refractivity contribution in [1.82, 2.24) is 19.7 Å². The minimum absolute atomic E-state index is 0.0820. The van der Waals surface area contributed by atoms with Crippen LogP contribution in [0.4, 0.5) is 4.39 Å². The van der Waals surface area contributed by atoms with E-state index in [0.717, 1.165) is 30.6 Å². The van der Waals surface area contributed by atoms with Gasteiger partial charge in [0.15, 0.2) is 5.82 Å². The molecule has 28 heavy (non-hydrogen) atoms. The maximum absolute atomic E-state index is 13.4. The highest BCUT2D eigenvalue weighted by atomic mass is 32.1. The lowest BCUT2D eigenvalue weighted by atomic mass is 10.1. The summed E-state index contributed by atoms with van der Waals surface area (Å²) in [6, 6.07) is 10.3. The number of thiophene rings is 1. The van der Waals surface area contributed by atoms with E-state index in [-0.39, 0.29) is 29.6 Å². The molecule has 1 aromatic carbocycles. The summed E-state index contributed by atoms with van der Waals surface area (Å²) in [4.78, 5) is 20.8. The van der Waals surface area contributed by atoms with Gasteiger partial charge in [-0.05, 0) is 62.4 Å². The molecule has 146 valence electrons. The second-order valence-electron chi connectivity index (χ2n) is 7.37. The van der Waals surface area contributed by atoms with E-state index in [0.29, 0.717) is 11.5 Å². The molecular weight excluding hydrogens is 375 g/mol. The zero-order valence-electron chi connectivity index (χ0n) is 16.0. The average molecular weight is 399 g/mol. The fourth-order valence-corrected chi connectivity index (χ4v) is 4.55. The van der Waals surface area contributed by atoms with Crippen LogP contribution in [0.3, 0.4) is 0 Å². The minimum atomic E-state index is -0.315. The summed E-state index contributed by atoms with van der Waals surface area (Å²) in [5.41, 5.74) is 0.674. The van der Waals surface area contributed by atoms with Gasteiger partial charge in [-0.1, -0.05) is 18.9 Å². The quantitative estimate of drug-likeness (QED) is 0.612. The second kappa shape index (κ2) is 7.83. The van der Waals surface area contributed by atoms with Crippen LogP contribution in [-0.2, 0) is 0 Å². The van der Waals surface area contributed by atoms with E-state index in [1.807, 2.05) is 36.3 Å². The molecule has 0 radical (unpaired) electrons. The summed E-state index contributed by atoms with van der Waals surface area (Å²) in [5, 5.41) is 6.50. The van der Waals surface area contributed by atoms with Crippen molar-refractivity contribution in [3.05, 3.63) is 53.4 Å². The lowest BCUT2D eigenvalue weighted by molar-refractivity contribution is 0.0600. The molecule has 1 aliphatic carbocycles. The summed E-state index contributed by atoms with van der Waals surface area (Å²) in [7, 11) is 0. The summed E-state index contributed by atoms with van der Waals surface area (Å²) in [6.45, 7) is 4.07. The van der Waals surface area contributed by atoms with Gasteiger partial charge in [-0.15, -0.1) is 16.4 Å². The Balaban J connectivity index is 1.76. The molecule has 0 atom stereocenters. The fourth-order valence-electron chi connectivity index (χ4n) is 3.85. The first kappa shape index (κ1) is 18.8. The van der Waals surface area contributed by atoms with Crippen LogP contribution in [0, 0.1) is 5.82 Å². The van der Waals surface area contributed by atoms with E-state index >= 15 is 0 Å². The van der Waals surface area contributed by atoms with Crippen molar-refractivity contribution in [2.75, 3.05) is 0 Å². The molecule has 0 N–H and O–H groups in total. The van der Waals surface area contributed by atoms with Gasteiger partial charge in [-0.25, -0.2) is 14.1 Å². The van der Waals surface area contributed by atoms with Crippen molar-refractivity contribution >= 4 is 17.2 Å². The SMILES string of the molecule is CC(C)N(C(=O)c1nc(-c2cccs2)n(-c2ccc(F)cc2)n1)C1CCCC1. The third kappa shape index (κ3) is 3.58. The van der Waals surface area contributed by atoms with Gasteiger partial charge in [0.2, 0.25) is 5.82 Å². The molecular formula is C21H23FN4OS. The third-order valence-electron chi connectivity index (χ3n) is 5.12. The molecule has 5 nitrogen and oxygen atoms in total. The Kier molecular flexibility index (Phi) is 5.26. The first-order valence-electron chi connectivity index (χ1n) is 9.64. The van der Waals surface area contributed by atoms with E-state index in [1.54, 1.807) is 16.8 Å². The predicted molar refractivity (Wildman–Crippen MR) is 108 cm³/mol. The van der Waals surface area contributed by atoms with Gasteiger partial charge >= 0.3 is 0 Å². The van der Waals surface area contributed by atoms with Crippen LogP contribution in [0.5, 0.6) is 0 Å². The van der Waals surface area contributed by atoms with Crippen LogP contribution in [0.15, 0.2) is 41.8 Å². The zero-order chi connectivity index (χ0) is 19.7. The highest BCUT2D eigenvalue weighted by molar-refractivity contribution is 7.13. The Hall–Kier alpha value is -2.54. The van der Waals surface area contributed by atoms with Gasteiger partial charge in [0.1, 0.15) is 5.82 Å². The van der Waals surface area contributed by atoms with Crippen molar-refractivity contribution in [2.24, 2.45) is 0 Å². The van der Waals surface area contributed by atoms with Crippen LogP contribution >= 0.6 is 11.3 Å². The van der Waals surface area contributed by atoms with Crippen LogP contribution < -0.4 is 0 Å². The number of rotatable bonds is 5. The standard InChI is InChI=1S/C21H23FN4OS/c1-14(2)25(16-6-3-4-7-16)21(27)19-23-20(18-8-5-13-28-18)26(24-19)17-11-9-15(22)10-12-17/h5,8-14,16H,3-4,6-7H2,1-2H3. The highest BCUT2D eigenvalue weighted by Gasteiger charge is 2.32. The second-order valence-corrected chi connectivity index (χ2v) is 8.32. The van der Waals surface area contributed by atoms with Crippen LogP contribution in [0.2, 0.25) is 0 Å². The van der Waals surface area contributed by atoms with Gasteiger partial charge in [0.05, 0.1) is 10.6 Å². The van der Waals surface area contributed by atoms with Crippen molar-refractivity contribution in [3.63, 3.8) is 0 Å². The largest absolute Gasteiger partial charge is 0.330 e. The molecule has 1 saturated carbocycles. The molecule has 2 heterocycles. The summed E-state index contributed by atoms with van der Waals surface area (Å²) >= 11 is 1.53. The zero-order valence-corrected chi connectivity index (χ0v) is 16.8. The van der Waals surface area contributed by atoms with Crippen molar-refractivity contribution in [1.29, 1.82) is 0 Å². The van der Waals surface area contributed by atoms with Gasteiger partial charge in [0.25, 0.3) is 5.91 Å². The number of hydrogen-bond acceptors (Lipinski definition) is 4. The molecule has 0 aliphatic heterocycles. The van der Waals surface area contributed by atoms with Gasteiger partial charge in [0, 0.05) is 12.1 Å². The Labute approximate surface area is 167 Å². The number of amides is 1. The number of benzene rings is 1. The molecule has 2 aromatic heterocycles. The molecule has 0 unspecified atom stereocenters. The van der Waals surface area contributed by atoms with Crippen LogP contribution in [0.1, 0.15) is 50.1 Å². The molecule has 1 amide bonds. The summed E-state index contributed by atoms with van der Waals surface area (Å²) in [6.07, 6.45) is 4.36. The molecule has 0 saturated heterocycles. The maximum atomic E-state index is 13.4. The smallest absolute Gasteiger partial charge is 0.294 e. The monoisotopic (exact) mass is 398 g/mol. The Morgan fingerprint density at radius 1 is 1.21 bits per heavy atom. The van der Waals surface area contributed by atoms with E-state index in [2.05, 4.69) is 10.1 Å². The van der Waals surface area contributed by atoms with Crippen molar-refractivity contribution < 1.29 is 9.18 Å². The number of carbonyl (C=O) groups excluding carboxylic acids is 1. The molecule has 7 heteroatoms. The van der Waals surface area contributed by atoms with E-state index in [9.17, 15) is 9.18 Å². The minimum Gasteiger partial charge on any atom is -0.330 e. The Bertz CT molecular complexity index is 943. The van der Waals surface area contributed by atoms with E-state index in [4.69, 9.17) is 0 Å². The molecule has 0 bridgehead atoms. The Morgan fingerprint density at radius 3 is 2.54 bits per heavy atom. The number of nitrogens with zero attached hydrogens (tertiary/aromatic N) is 4. The van der Waals surface area contributed by atoms with Gasteiger partial charge in [-0.2, -0.15) is 0 Å². The summed E-state index contributed by atoms with van der Waals surface area (Å²) < 4.78 is 15.0. The molecule has 3 aromatic rings. The molecule has 1 aliphatic rings. The molecule has 0 spiro atoms. The third-order valence-corrected chi connectivity index (χ3v) is 5.99. The Morgan fingerprint density at radius 2 is 1.93 bits per heavy atom. The number of aromatic nitrogens is 3. The lowest BCUT2D eigenvalue weighted by Gasteiger charge is -2.31. The summed E-state index contributed by atoms with van der Waals surface area (Å²) in [5.74, 6) is 0.332. The van der Waals surface area contributed by atoms with Gasteiger partial charge < -0.3 is 4.90 Å². The van der Waals surface area contributed by atoms with Crippen molar-refractivity contribution in [2.45, 2.75) is 51.6 Å². The van der Waals surface area contributed by atoms with Crippen molar-refractivity contribution in [3.8, 4) is 16.4 Å². The first-order chi connectivity index (χ1) is 13.5. The van der Waals surface area contributed by atoms with E-state index in [1.165, 1.54) is 23.5 Å². The number of hydrogen-bond donors (Lipinski definition) is 0. The first-order valence-corrected chi connectivity index (χ1v) is 10.5. The lowest BCUT2D eigenvalue weighted by Crippen LogP contribution is -2.44. The van der Waals surface area contributed by atoms with E-state index < -0.39 is 0 Å². The van der Waals surface area contributed by atoms with Gasteiger partial charge in [-0.3, -0.25) is 4.79 Å². The number of halogens is 1. The molecule has 1 fully saturated rings. The van der Waals surface area contributed by atoms with Crippen LogP contribution in [-0.4, -0.2) is 37.7 Å². The highest BCUT2D eigenvalue weighted by Crippen LogP contribution is 2.29. The topological polar surface area (TPSA) is 51.0 Å². The fraction of sp³-hybridized carbons (Fsp3) is 0.381. The average Bonchev–Trinajstić information content (AvgIpc) is 3.43. The normalized spacial score (nSPS) is 14.7. The molecule has 4 rings (SSSR count).